The van der Waals surface area contributed by atoms with Crippen molar-refractivity contribution >= 4 is 26.7 Å². The van der Waals surface area contributed by atoms with Gasteiger partial charge >= 0.3 is 0 Å². The average Bonchev–Trinajstić information content (AvgIpc) is 2.02. The Labute approximate surface area is 81.5 Å². The third-order valence-corrected chi connectivity index (χ3v) is 2.23. The van der Waals surface area contributed by atoms with Gasteiger partial charge in [-0.15, -0.1) is 0 Å². The number of halogens is 2. The molecule has 0 bridgehead atoms. The summed E-state index contributed by atoms with van der Waals surface area (Å²) in [5, 5.41) is 1.01. The fourth-order valence-corrected chi connectivity index (χ4v) is 1.65. The number of hydrogen-bond donors (Lipinski definition) is 1. The summed E-state index contributed by atoms with van der Waals surface area (Å²) in [6.45, 7) is 0. The van der Waals surface area contributed by atoms with Gasteiger partial charge in [0.1, 0.15) is 5.82 Å². The van der Waals surface area contributed by atoms with Gasteiger partial charge in [0.2, 0.25) is 5.56 Å². The van der Waals surface area contributed by atoms with Crippen molar-refractivity contribution in [3.63, 3.8) is 0 Å². The second kappa shape index (κ2) is 2.96. The molecule has 1 heterocycles. The largest absolute Gasteiger partial charge is 0.328 e. The van der Waals surface area contributed by atoms with E-state index in [2.05, 4.69) is 20.9 Å². The van der Waals surface area contributed by atoms with Crippen molar-refractivity contribution in [2.24, 2.45) is 0 Å². The normalized spacial score (nSPS) is 10.6. The van der Waals surface area contributed by atoms with Crippen molar-refractivity contribution in [2.75, 3.05) is 0 Å². The molecule has 0 aliphatic rings. The van der Waals surface area contributed by atoms with E-state index in [1.165, 1.54) is 18.3 Å². The highest BCUT2D eigenvalue weighted by Crippen LogP contribution is 2.20. The van der Waals surface area contributed by atoms with Crippen molar-refractivity contribution in [2.45, 2.75) is 0 Å². The lowest BCUT2D eigenvalue weighted by Crippen LogP contribution is -2.02. The van der Waals surface area contributed by atoms with Gasteiger partial charge < -0.3 is 4.98 Å². The Balaban J connectivity index is 2.94. The van der Waals surface area contributed by atoms with Crippen molar-refractivity contribution in [3.8, 4) is 0 Å². The summed E-state index contributed by atoms with van der Waals surface area (Å²) in [4.78, 5) is 13.3. The van der Waals surface area contributed by atoms with E-state index >= 15 is 0 Å². The molecule has 1 aromatic carbocycles. The number of hydrogen-bond acceptors (Lipinski definition) is 1. The molecule has 0 spiro atoms. The van der Waals surface area contributed by atoms with Gasteiger partial charge in [-0.1, -0.05) is 15.9 Å². The summed E-state index contributed by atoms with van der Waals surface area (Å²) in [5.74, 6) is -0.347. The zero-order chi connectivity index (χ0) is 9.42. The van der Waals surface area contributed by atoms with Crippen LogP contribution in [0.3, 0.4) is 0 Å². The Bertz CT molecular complexity index is 520. The van der Waals surface area contributed by atoms with Crippen LogP contribution in [0.2, 0.25) is 0 Å². The minimum atomic E-state index is -0.347. The molecule has 2 nitrogen and oxygen atoms in total. The molecule has 1 aromatic heterocycles. The molecule has 4 heteroatoms. The topological polar surface area (TPSA) is 32.9 Å². The SMILES string of the molecule is O=c1cc2cc(Br)cc(F)c2c[nH]1. The Hall–Kier alpha value is -1.16. The number of rotatable bonds is 0. The number of H-pyrrole nitrogens is 1. The summed E-state index contributed by atoms with van der Waals surface area (Å²) in [5.41, 5.74) is -0.231. The molecular formula is C9H5BrFNO. The molecular weight excluding hydrogens is 237 g/mol. The smallest absolute Gasteiger partial charge is 0.248 e. The molecule has 13 heavy (non-hydrogen) atoms. The van der Waals surface area contributed by atoms with Crippen LogP contribution in [0.25, 0.3) is 10.8 Å². The van der Waals surface area contributed by atoms with E-state index in [-0.39, 0.29) is 11.4 Å². The lowest BCUT2D eigenvalue weighted by atomic mass is 10.2. The average molecular weight is 242 g/mol. The number of aromatic amines is 1. The van der Waals surface area contributed by atoms with Gasteiger partial charge in [-0.3, -0.25) is 4.79 Å². The maximum atomic E-state index is 13.2. The van der Waals surface area contributed by atoms with Crippen LogP contribution >= 0.6 is 15.9 Å². The fourth-order valence-electron chi connectivity index (χ4n) is 1.20. The van der Waals surface area contributed by atoms with Crippen molar-refractivity contribution in [1.82, 2.24) is 4.98 Å². The molecule has 0 aliphatic carbocycles. The molecule has 0 amide bonds. The molecule has 2 rings (SSSR count). The molecule has 0 fully saturated rings. The zero-order valence-electron chi connectivity index (χ0n) is 6.47. The van der Waals surface area contributed by atoms with Crippen LogP contribution in [0, 0.1) is 5.82 Å². The Morgan fingerprint density at radius 1 is 1.31 bits per heavy atom. The van der Waals surface area contributed by atoms with E-state index in [1.807, 2.05) is 0 Å². The van der Waals surface area contributed by atoms with E-state index < -0.39 is 0 Å². The summed E-state index contributed by atoms with van der Waals surface area (Å²) < 4.78 is 13.9. The van der Waals surface area contributed by atoms with Crippen LogP contribution in [0.1, 0.15) is 0 Å². The number of nitrogens with one attached hydrogen (secondary N) is 1. The Morgan fingerprint density at radius 2 is 2.08 bits per heavy atom. The van der Waals surface area contributed by atoms with Gasteiger partial charge in [0.05, 0.1) is 0 Å². The summed E-state index contributed by atoms with van der Waals surface area (Å²) in [7, 11) is 0. The highest BCUT2D eigenvalue weighted by molar-refractivity contribution is 9.10. The number of aromatic nitrogens is 1. The Kier molecular flexibility index (Phi) is 1.92. The van der Waals surface area contributed by atoms with Gasteiger partial charge in [0.15, 0.2) is 0 Å². The highest BCUT2D eigenvalue weighted by atomic mass is 79.9. The second-order valence-corrected chi connectivity index (χ2v) is 3.60. The van der Waals surface area contributed by atoms with E-state index in [0.717, 1.165) is 0 Å². The zero-order valence-corrected chi connectivity index (χ0v) is 8.06. The molecule has 0 radical (unpaired) electrons. The fraction of sp³-hybridized carbons (Fsp3) is 0. The van der Waals surface area contributed by atoms with Gasteiger partial charge in [-0.2, -0.15) is 0 Å². The van der Waals surface area contributed by atoms with Crippen LogP contribution in [0.4, 0.5) is 4.39 Å². The van der Waals surface area contributed by atoms with Crippen molar-refractivity contribution in [1.29, 1.82) is 0 Å². The molecule has 0 saturated carbocycles. The molecule has 0 saturated heterocycles. The van der Waals surface area contributed by atoms with E-state index in [4.69, 9.17) is 0 Å². The lowest BCUT2D eigenvalue weighted by Gasteiger charge is -1.98. The first-order chi connectivity index (χ1) is 6.16. The first-order valence-corrected chi connectivity index (χ1v) is 4.43. The summed E-state index contributed by atoms with van der Waals surface area (Å²) >= 11 is 3.16. The molecule has 2 aromatic rings. The van der Waals surface area contributed by atoms with Crippen LogP contribution < -0.4 is 5.56 Å². The molecule has 0 aliphatic heterocycles. The summed E-state index contributed by atoms with van der Waals surface area (Å²) in [6.07, 6.45) is 1.37. The third-order valence-electron chi connectivity index (χ3n) is 1.77. The predicted octanol–water partition coefficient (Wildman–Crippen LogP) is 2.43. The van der Waals surface area contributed by atoms with Crippen LogP contribution in [0.5, 0.6) is 0 Å². The second-order valence-electron chi connectivity index (χ2n) is 2.69. The van der Waals surface area contributed by atoms with E-state index in [9.17, 15) is 9.18 Å². The number of fused-ring (bicyclic) bond motifs is 1. The van der Waals surface area contributed by atoms with Gasteiger partial charge in [0, 0.05) is 22.1 Å². The Morgan fingerprint density at radius 3 is 2.85 bits per heavy atom. The number of pyridine rings is 1. The lowest BCUT2D eigenvalue weighted by molar-refractivity contribution is 0.638. The number of benzene rings is 1. The van der Waals surface area contributed by atoms with E-state index in [0.29, 0.717) is 15.2 Å². The maximum Gasteiger partial charge on any atom is 0.248 e. The minimum Gasteiger partial charge on any atom is -0.328 e. The van der Waals surface area contributed by atoms with Crippen molar-refractivity contribution < 1.29 is 4.39 Å². The van der Waals surface area contributed by atoms with Gasteiger partial charge in [-0.05, 0) is 17.5 Å². The maximum absolute atomic E-state index is 13.2. The quantitative estimate of drug-likeness (QED) is 0.756. The first-order valence-electron chi connectivity index (χ1n) is 3.64. The summed E-state index contributed by atoms with van der Waals surface area (Å²) in [6, 6.07) is 4.43. The third kappa shape index (κ3) is 1.49. The molecule has 1 N–H and O–H groups in total. The highest BCUT2D eigenvalue weighted by Gasteiger charge is 2.02. The predicted molar refractivity (Wildman–Crippen MR) is 52.2 cm³/mol. The first kappa shape index (κ1) is 8.44. The van der Waals surface area contributed by atoms with Gasteiger partial charge in [0.25, 0.3) is 0 Å². The molecule has 66 valence electrons. The van der Waals surface area contributed by atoms with Crippen molar-refractivity contribution in [3.05, 3.63) is 45.0 Å². The molecule has 0 unspecified atom stereocenters. The molecule has 0 atom stereocenters. The van der Waals surface area contributed by atoms with Crippen LogP contribution in [0.15, 0.2) is 33.7 Å². The van der Waals surface area contributed by atoms with E-state index in [1.54, 1.807) is 6.07 Å². The van der Waals surface area contributed by atoms with Crippen LogP contribution in [-0.2, 0) is 0 Å². The van der Waals surface area contributed by atoms with Crippen LogP contribution in [-0.4, -0.2) is 4.98 Å². The monoisotopic (exact) mass is 241 g/mol. The van der Waals surface area contributed by atoms with Gasteiger partial charge in [-0.25, -0.2) is 4.39 Å². The minimum absolute atomic E-state index is 0.231. The standard InChI is InChI=1S/C9H5BrFNO/c10-6-1-5-2-9(13)12-4-7(5)8(11)3-6/h1-4H,(H,12,13).